The number of rotatable bonds is 1. The number of hydrogen-bond donors (Lipinski definition) is 0. The van der Waals surface area contributed by atoms with Gasteiger partial charge in [0.2, 0.25) is 0 Å². The molecule has 1 nitrogen and oxygen atoms in total. The van der Waals surface area contributed by atoms with Crippen molar-refractivity contribution in [1.29, 1.82) is 0 Å². The summed E-state index contributed by atoms with van der Waals surface area (Å²) in [6.07, 6.45) is 0. The molecule has 1 aromatic carbocycles. The maximum Gasteiger partial charge on any atom is 0.0604 e. The molecular weight excluding hydrogens is 217 g/mol. The van der Waals surface area contributed by atoms with Crippen molar-refractivity contribution in [2.75, 3.05) is 20.6 Å². The van der Waals surface area contributed by atoms with Gasteiger partial charge in [0.25, 0.3) is 0 Å². The third-order valence-corrected chi connectivity index (χ3v) is 2.29. The van der Waals surface area contributed by atoms with Gasteiger partial charge in [-0.3, -0.25) is 4.90 Å². The van der Waals surface area contributed by atoms with Crippen LogP contribution in [-0.2, 0) is 0 Å². The zero-order valence-corrected chi connectivity index (χ0v) is 9.65. The Kier molecular flexibility index (Phi) is 4.28. The van der Waals surface area contributed by atoms with E-state index in [9.17, 15) is 0 Å². The van der Waals surface area contributed by atoms with Crippen LogP contribution in [0.25, 0.3) is 0 Å². The molecule has 1 rings (SSSR count). The second-order valence-corrected chi connectivity index (χ2v) is 3.98. The maximum atomic E-state index is 5.85. The standard InChI is InChI=1S/C11H11Cl2N/c1-14(2)7-3-4-9-5-6-10(12)11(13)8-9/h5-6,8H,7H2,1-2H3. The average Bonchev–Trinajstić information content (AvgIpc) is 2.10. The van der Waals surface area contributed by atoms with Crippen LogP contribution in [0, 0.1) is 11.8 Å². The van der Waals surface area contributed by atoms with Crippen molar-refractivity contribution in [3.63, 3.8) is 0 Å². The lowest BCUT2D eigenvalue weighted by atomic mass is 10.2. The van der Waals surface area contributed by atoms with Crippen LogP contribution in [0.4, 0.5) is 0 Å². The SMILES string of the molecule is CN(C)CC#Cc1ccc(Cl)c(Cl)c1. The Balaban J connectivity index is 2.76. The van der Waals surface area contributed by atoms with Gasteiger partial charge >= 0.3 is 0 Å². The Morgan fingerprint density at radius 3 is 2.50 bits per heavy atom. The first kappa shape index (κ1) is 11.4. The van der Waals surface area contributed by atoms with Crippen molar-refractivity contribution < 1.29 is 0 Å². The van der Waals surface area contributed by atoms with Gasteiger partial charge in [-0.25, -0.2) is 0 Å². The number of hydrogen-bond acceptors (Lipinski definition) is 1. The summed E-state index contributed by atoms with van der Waals surface area (Å²) in [5.74, 6) is 6.03. The lowest BCUT2D eigenvalue weighted by molar-refractivity contribution is 0.464. The molecule has 0 saturated carbocycles. The molecule has 0 aliphatic rings. The zero-order valence-electron chi connectivity index (χ0n) is 8.14. The van der Waals surface area contributed by atoms with Crippen molar-refractivity contribution in [2.45, 2.75) is 0 Å². The van der Waals surface area contributed by atoms with E-state index >= 15 is 0 Å². The Labute approximate surface area is 94.6 Å². The van der Waals surface area contributed by atoms with E-state index < -0.39 is 0 Å². The van der Waals surface area contributed by atoms with E-state index in [1.54, 1.807) is 12.1 Å². The molecule has 0 amide bonds. The molecular formula is C11H11Cl2N. The molecule has 0 bridgehead atoms. The van der Waals surface area contributed by atoms with Gasteiger partial charge in [-0.2, -0.15) is 0 Å². The van der Waals surface area contributed by atoms with Crippen LogP contribution in [0.5, 0.6) is 0 Å². The van der Waals surface area contributed by atoms with Gasteiger partial charge in [0.05, 0.1) is 16.6 Å². The molecule has 0 fully saturated rings. The Morgan fingerprint density at radius 2 is 1.93 bits per heavy atom. The minimum Gasteiger partial charge on any atom is -0.299 e. The Morgan fingerprint density at radius 1 is 1.21 bits per heavy atom. The van der Waals surface area contributed by atoms with E-state index in [2.05, 4.69) is 11.8 Å². The topological polar surface area (TPSA) is 3.24 Å². The minimum absolute atomic E-state index is 0.545. The fourth-order valence-electron chi connectivity index (χ4n) is 0.874. The maximum absolute atomic E-state index is 5.85. The second kappa shape index (κ2) is 5.26. The fraction of sp³-hybridized carbons (Fsp3) is 0.273. The molecule has 1 aromatic rings. The summed E-state index contributed by atoms with van der Waals surface area (Å²) in [6.45, 7) is 0.736. The molecule has 0 unspecified atom stereocenters. The van der Waals surface area contributed by atoms with Crippen LogP contribution >= 0.6 is 23.2 Å². The highest BCUT2D eigenvalue weighted by atomic mass is 35.5. The highest BCUT2D eigenvalue weighted by Crippen LogP contribution is 2.21. The molecule has 0 saturated heterocycles. The molecule has 0 heterocycles. The summed E-state index contributed by atoms with van der Waals surface area (Å²) in [5.41, 5.74) is 0.890. The summed E-state index contributed by atoms with van der Waals surface area (Å²) in [5, 5.41) is 1.10. The summed E-state index contributed by atoms with van der Waals surface area (Å²) in [7, 11) is 3.95. The summed E-state index contributed by atoms with van der Waals surface area (Å²) in [4.78, 5) is 2.00. The summed E-state index contributed by atoms with van der Waals surface area (Å²) < 4.78 is 0. The highest BCUT2D eigenvalue weighted by molar-refractivity contribution is 6.42. The molecule has 0 aliphatic carbocycles. The molecule has 0 atom stereocenters. The molecule has 14 heavy (non-hydrogen) atoms. The number of benzene rings is 1. The van der Waals surface area contributed by atoms with Gasteiger partial charge in [0, 0.05) is 5.56 Å². The van der Waals surface area contributed by atoms with Crippen LogP contribution in [0.1, 0.15) is 5.56 Å². The molecule has 3 heteroatoms. The normalized spacial score (nSPS) is 9.79. The van der Waals surface area contributed by atoms with Crippen LogP contribution in [0.3, 0.4) is 0 Å². The minimum atomic E-state index is 0.545. The predicted octanol–water partition coefficient (Wildman–Crippen LogP) is 2.91. The Hall–Kier alpha value is -0.680. The van der Waals surface area contributed by atoms with Crippen molar-refractivity contribution in [2.24, 2.45) is 0 Å². The first-order valence-corrected chi connectivity index (χ1v) is 4.94. The van der Waals surface area contributed by atoms with E-state index in [1.807, 2.05) is 25.1 Å². The van der Waals surface area contributed by atoms with Crippen LogP contribution < -0.4 is 0 Å². The predicted molar refractivity (Wildman–Crippen MR) is 61.9 cm³/mol. The van der Waals surface area contributed by atoms with E-state index in [0.717, 1.165) is 12.1 Å². The lowest BCUT2D eigenvalue weighted by Gasteiger charge is -2.01. The van der Waals surface area contributed by atoms with Gasteiger partial charge in [0.15, 0.2) is 0 Å². The van der Waals surface area contributed by atoms with E-state index in [4.69, 9.17) is 23.2 Å². The Bertz CT molecular complexity index is 375. The monoisotopic (exact) mass is 227 g/mol. The number of halogens is 2. The van der Waals surface area contributed by atoms with Gasteiger partial charge in [-0.05, 0) is 32.3 Å². The van der Waals surface area contributed by atoms with E-state index in [1.165, 1.54) is 0 Å². The fourth-order valence-corrected chi connectivity index (χ4v) is 1.17. The first-order valence-electron chi connectivity index (χ1n) is 4.18. The van der Waals surface area contributed by atoms with Gasteiger partial charge < -0.3 is 0 Å². The van der Waals surface area contributed by atoms with Crippen LogP contribution in [0.15, 0.2) is 18.2 Å². The quantitative estimate of drug-likeness (QED) is 0.668. The summed E-state index contributed by atoms with van der Waals surface area (Å²) >= 11 is 11.6. The van der Waals surface area contributed by atoms with Crippen molar-refractivity contribution in [3.8, 4) is 11.8 Å². The average molecular weight is 228 g/mol. The number of nitrogens with zero attached hydrogens (tertiary/aromatic N) is 1. The molecule has 0 aromatic heterocycles. The molecule has 0 radical (unpaired) electrons. The molecule has 0 aliphatic heterocycles. The van der Waals surface area contributed by atoms with Crippen molar-refractivity contribution >= 4 is 23.2 Å². The third kappa shape index (κ3) is 3.59. The lowest BCUT2D eigenvalue weighted by Crippen LogP contribution is -2.10. The molecule has 0 N–H and O–H groups in total. The highest BCUT2D eigenvalue weighted by Gasteiger charge is 1.96. The summed E-state index contributed by atoms with van der Waals surface area (Å²) in [6, 6.07) is 5.38. The molecule has 0 spiro atoms. The largest absolute Gasteiger partial charge is 0.299 e. The third-order valence-electron chi connectivity index (χ3n) is 1.55. The van der Waals surface area contributed by atoms with Crippen LogP contribution in [0.2, 0.25) is 10.0 Å². The molecule has 74 valence electrons. The van der Waals surface area contributed by atoms with Gasteiger partial charge in [-0.1, -0.05) is 35.0 Å². The van der Waals surface area contributed by atoms with E-state index in [-0.39, 0.29) is 0 Å². The van der Waals surface area contributed by atoms with Crippen molar-refractivity contribution in [3.05, 3.63) is 33.8 Å². The first-order chi connectivity index (χ1) is 6.59. The van der Waals surface area contributed by atoms with Gasteiger partial charge in [-0.15, -0.1) is 0 Å². The van der Waals surface area contributed by atoms with E-state index in [0.29, 0.717) is 10.0 Å². The van der Waals surface area contributed by atoms with Gasteiger partial charge in [0.1, 0.15) is 0 Å². The second-order valence-electron chi connectivity index (χ2n) is 3.17. The van der Waals surface area contributed by atoms with Crippen LogP contribution in [-0.4, -0.2) is 25.5 Å². The smallest absolute Gasteiger partial charge is 0.0604 e. The zero-order chi connectivity index (χ0) is 10.6. The van der Waals surface area contributed by atoms with Crippen molar-refractivity contribution in [1.82, 2.24) is 4.90 Å².